The van der Waals surface area contributed by atoms with Crippen LogP contribution in [0.4, 0.5) is 10.5 Å². The van der Waals surface area contributed by atoms with Crippen molar-refractivity contribution in [2.45, 2.75) is 38.0 Å². The quantitative estimate of drug-likeness (QED) is 0.587. The standard InChI is InChI=1S/C23H30ClN3O5S/c1-16-5-8-21(18(13-16)23(2,3)4)32-15-25-22(28)26-20-14-17(6-7-19(20)24)33(29,30)27-9-11-31-12-10-27/h5-8,13-14H,9-12,15H2,1-4H3,(H2,25,26,28). The maximum absolute atomic E-state index is 12.9. The van der Waals surface area contributed by atoms with Gasteiger partial charge in [-0.1, -0.05) is 50.1 Å². The molecule has 3 rings (SSSR count). The van der Waals surface area contributed by atoms with E-state index in [9.17, 15) is 13.2 Å². The van der Waals surface area contributed by atoms with Crippen LogP contribution >= 0.6 is 11.6 Å². The molecule has 1 aliphatic rings. The average Bonchev–Trinajstić information content (AvgIpc) is 2.76. The van der Waals surface area contributed by atoms with Gasteiger partial charge in [0.1, 0.15) is 5.75 Å². The molecule has 1 aliphatic heterocycles. The number of carbonyl (C=O) groups is 1. The number of anilines is 1. The number of urea groups is 1. The SMILES string of the molecule is Cc1ccc(OCNC(=O)Nc2cc(S(=O)(=O)N3CCOCC3)ccc2Cl)c(C(C)(C)C)c1. The number of sulfonamides is 1. The fourth-order valence-electron chi connectivity index (χ4n) is 3.40. The van der Waals surface area contributed by atoms with E-state index in [-0.39, 0.29) is 40.8 Å². The van der Waals surface area contributed by atoms with E-state index in [1.165, 1.54) is 22.5 Å². The topological polar surface area (TPSA) is 97.0 Å². The minimum Gasteiger partial charge on any atom is -0.473 e. The first-order chi connectivity index (χ1) is 15.5. The molecule has 8 nitrogen and oxygen atoms in total. The molecule has 180 valence electrons. The van der Waals surface area contributed by atoms with Crippen molar-refractivity contribution in [1.82, 2.24) is 9.62 Å². The van der Waals surface area contributed by atoms with Gasteiger partial charge < -0.3 is 20.1 Å². The van der Waals surface area contributed by atoms with Crippen molar-refractivity contribution >= 4 is 33.3 Å². The summed E-state index contributed by atoms with van der Waals surface area (Å²) < 4.78 is 38.1. The number of rotatable bonds is 6. The number of nitrogens with one attached hydrogen (secondary N) is 2. The number of benzene rings is 2. The van der Waals surface area contributed by atoms with Gasteiger partial charge in [0.2, 0.25) is 10.0 Å². The van der Waals surface area contributed by atoms with Gasteiger partial charge in [-0.05, 0) is 42.2 Å². The van der Waals surface area contributed by atoms with Crippen molar-refractivity contribution < 1.29 is 22.7 Å². The van der Waals surface area contributed by atoms with Gasteiger partial charge in [-0.3, -0.25) is 0 Å². The van der Waals surface area contributed by atoms with Crippen LogP contribution in [-0.2, 0) is 20.2 Å². The molecule has 0 atom stereocenters. The molecule has 2 N–H and O–H groups in total. The highest BCUT2D eigenvalue weighted by molar-refractivity contribution is 7.89. The van der Waals surface area contributed by atoms with E-state index in [0.717, 1.165) is 11.1 Å². The number of amides is 2. The third kappa shape index (κ3) is 6.38. The molecule has 33 heavy (non-hydrogen) atoms. The summed E-state index contributed by atoms with van der Waals surface area (Å²) in [6.07, 6.45) is 0. The van der Waals surface area contributed by atoms with Crippen molar-refractivity contribution in [3.05, 3.63) is 52.5 Å². The fourth-order valence-corrected chi connectivity index (χ4v) is 5.00. The largest absolute Gasteiger partial charge is 0.473 e. The zero-order chi connectivity index (χ0) is 24.2. The molecule has 0 aliphatic carbocycles. The Kier molecular flexibility index (Phi) is 7.89. The zero-order valence-electron chi connectivity index (χ0n) is 19.3. The number of ether oxygens (including phenoxy) is 2. The van der Waals surface area contributed by atoms with Crippen LogP contribution in [0.3, 0.4) is 0 Å². The number of aryl methyl sites for hydroxylation is 1. The second-order valence-corrected chi connectivity index (χ2v) is 11.2. The van der Waals surface area contributed by atoms with Gasteiger partial charge in [0.15, 0.2) is 6.73 Å². The lowest BCUT2D eigenvalue weighted by Gasteiger charge is -2.26. The first-order valence-electron chi connectivity index (χ1n) is 10.6. The van der Waals surface area contributed by atoms with Crippen LogP contribution in [0.2, 0.25) is 5.02 Å². The van der Waals surface area contributed by atoms with Gasteiger partial charge >= 0.3 is 6.03 Å². The Morgan fingerprint density at radius 2 is 1.85 bits per heavy atom. The summed E-state index contributed by atoms with van der Waals surface area (Å²) in [5, 5.41) is 5.43. The summed E-state index contributed by atoms with van der Waals surface area (Å²) in [5.74, 6) is 0.685. The van der Waals surface area contributed by atoms with Gasteiger partial charge in [0.05, 0.1) is 28.8 Å². The monoisotopic (exact) mass is 495 g/mol. The normalized spacial score (nSPS) is 15.2. The molecule has 1 fully saturated rings. The molecule has 0 spiro atoms. The zero-order valence-corrected chi connectivity index (χ0v) is 20.8. The van der Waals surface area contributed by atoms with Crippen molar-refractivity contribution in [3.63, 3.8) is 0 Å². The third-order valence-electron chi connectivity index (χ3n) is 5.20. The molecule has 2 amide bonds. The Bertz CT molecular complexity index is 1110. The van der Waals surface area contributed by atoms with Gasteiger partial charge in [0, 0.05) is 13.1 Å². The lowest BCUT2D eigenvalue weighted by atomic mass is 9.85. The molecule has 0 radical (unpaired) electrons. The first-order valence-corrected chi connectivity index (χ1v) is 12.5. The Hall–Kier alpha value is -2.33. The molecular weight excluding hydrogens is 466 g/mol. The molecule has 0 unspecified atom stereocenters. The maximum Gasteiger partial charge on any atom is 0.321 e. The van der Waals surface area contributed by atoms with Gasteiger partial charge in [-0.25, -0.2) is 13.2 Å². The summed E-state index contributed by atoms with van der Waals surface area (Å²) in [7, 11) is -3.71. The predicted octanol–water partition coefficient (Wildman–Crippen LogP) is 4.12. The second-order valence-electron chi connectivity index (χ2n) is 8.83. The highest BCUT2D eigenvalue weighted by Crippen LogP contribution is 2.32. The smallest absolute Gasteiger partial charge is 0.321 e. The molecule has 2 aromatic rings. The van der Waals surface area contributed by atoms with Crippen molar-refractivity contribution in [3.8, 4) is 5.75 Å². The van der Waals surface area contributed by atoms with E-state index >= 15 is 0 Å². The van der Waals surface area contributed by atoms with Crippen molar-refractivity contribution in [2.24, 2.45) is 0 Å². The van der Waals surface area contributed by atoms with Crippen LogP contribution in [0, 0.1) is 6.92 Å². The van der Waals surface area contributed by atoms with Crippen LogP contribution in [0.25, 0.3) is 0 Å². The Labute approximate surface area is 200 Å². The lowest BCUT2D eigenvalue weighted by Crippen LogP contribution is -2.40. The number of carbonyl (C=O) groups excluding carboxylic acids is 1. The lowest BCUT2D eigenvalue weighted by molar-refractivity contribution is 0.0730. The molecule has 1 heterocycles. The summed E-state index contributed by atoms with van der Waals surface area (Å²) >= 11 is 6.19. The Morgan fingerprint density at radius 3 is 2.52 bits per heavy atom. The number of morpholine rings is 1. The van der Waals surface area contributed by atoms with Gasteiger partial charge in [0.25, 0.3) is 0 Å². The molecule has 0 aromatic heterocycles. The summed E-state index contributed by atoms with van der Waals surface area (Å²) in [6, 6.07) is 9.55. The maximum atomic E-state index is 12.9. The number of hydrogen-bond donors (Lipinski definition) is 2. The summed E-state index contributed by atoms with van der Waals surface area (Å²) in [5.41, 5.74) is 2.23. The van der Waals surface area contributed by atoms with E-state index < -0.39 is 16.1 Å². The Balaban J connectivity index is 1.65. The van der Waals surface area contributed by atoms with Crippen LogP contribution in [0.1, 0.15) is 31.9 Å². The van der Waals surface area contributed by atoms with Gasteiger partial charge in [-0.15, -0.1) is 0 Å². The summed E-state index contributed by atoms with van der Waals surface area (Å²) in [4.78, 5) is 12.5. The second kappa shape index (κ2) is 10.3. The molecular formula is C23H30ClN3O5S. The van der Waals surface area contributed by atoms with E-state index in [2.05, 4.69) is 37.5 Å². The highest BCUT2D eigenvalue weighted by Gasteiger charge is 2.27. The average molecular weight is 496 g/mol. The minimum absolute atomic E-state index is 0.0508. The fraction of sp³-hybridized carbons (Fsp3) is 0.435. The molecule has 1 saturated heterocycles. The number of hydrogen-bond acceptors (Lipinski definition) is 5. The number of halogens is 1. The van der Waals surface area contributed by atoms with E-state index in [4.69, 9.17) is 21.1 Å². The van der Waals surface area contributed by atoms with Crippen LogP contribution in [0.15, 0.2) is 41.3 Å². The minimum atomic E-state index is -3.71. The van der Waals surface area contributed by atoms with Crippen molar-refractivity contribution in [1.29, 1.82) is 0 Å². The molecule has 10 heteroatoms. The van der Waals surface area contributed by atoms with Crippen LogP contribution in [0.5, 0.6) is 5.75 Å². The molecule has 0 bridgehead atoms. The van der Waals surface area contributed by atoms with Crippen LogP contribution < -0.4 is 15.4 Å². The van der Waals surface area contributed by atoms with Crippen LogP contribution in [-0.4, -0.2) is 51.8 Å². The van der Waals surface area contributed by atoms with Gasteiger partial charge in [-0.2, -0.15) is 4.31 Å². The van der Waals surface area contributed by atoms with E-state index in [1.807, 2.05) is 19.1 Å². The summed E-state index contributed by atoms with van der Waals surface area (Å²) in [6.45, 7) is 9.47. The molecule has 2 aromatic carbocycles. The van der Waals surface area contributed by atoms with E-state index in [0.29, 0.717) is 19.0 Å². The highest BCUT2D eigenvalue weighted by atomic mass is 35.5. The molecule has 0 saturated carbocycles. The van der Waals surface area contributed by atoms with Crippen molar-refractivity contribution in [2.75, 3.05) is 38.4 Å². The third-order valence-corrected chi connectivity index (χ3v) is 7.42. The first kappa shape index (κ1) is 25.3. The Morgan fingerprint density at radius 1 is 1.15 bits per heavy atom. The number of nitrogens with zero attached hydrogens (tertiary/aromatic N) is 1. The predicted molar refractivity (Wildman–Crippen MR) is 129 cm³/mol. The van der Waals surface area contributed by atoms with E-state index in [1.54, 1.807) is 0 Å².